The fourth-order valence-electron chi connectivity index (χ4n) is 1.94. The van der Waals surface area contributed by atoms with Gasteiger partial charge in [0.25, 0.3) is 0 Å². The number of aromatic nitrogens is 2. The van der Waals surface area contributed by atoms with Gasteiger partial charge < -0.3 is 14.5 Å². The first-order valence-electron chi connectivity index (χ1n) is 7.74. The second-order valence-corrected chi connectivity index (χ2v) is 7.95. The Morgan fingerprint density at radius 1 is 1.29 bits per heavy atom. The van der Waals surface area contributed by atoms with Crippen molar-refractivity contribution in [1.82, 2.24) is 10.2 Å². The summed E-state index contributed by atoms with van der Waals surface area (Å²) >= 11 is 8.27. The molecule has 144 valence electrons. The van der Waals surface area contributed by atoms with Gasteiger partial charge in [-0.3, -0.25) is 9.59 Å². The number of carbonyl (C=O) groups is 2. The standard InChI is InChI=1S/C17H12ClN3O5S2/c1-9(22)19-16-20-21-17(28-16)27-8-12-6-13(23)14(7-25-12)26-15(24)10-2-4-11(18)5-3-10/h2-7H,8H2,1H3,(H,19,20,22). The van der Waals surface area contributed by atoms with E-state index >= 15 is 0 Å². The van der Waals surface area contributed by atoms with E-state index in [4.69, 9.17) is 20.8 Å². The summed E-state index contributed by atoms with van der Waals surface area (Å²) in [6.07, 6.45) is 1.09. The molecule has 8 nitrogen and oxygen atoms in total. The van der Waals surface area contributed by atoms with Crippen molar-refractivity contribution in [2.75, 3.05) is 5.32 Å². The maximum Gasteiger partial charge on any atom is 0.343 e. The zero-order valence-electron chi connectivity index (χ0n) is 14.3. The lowest BCUT2D eigenvalue weighted by atomic mass is 10.2. The predicted molar refractivity (Wildman–Crippen MR) is 105 cm³/mol. The van der Waals surface area contributed by atoms with E-state index in [1.54, 1.807) is 12.1 Å². The highest BCUT2D eigenvalue weighted by Gasteiger charge is 2.13. The lowest BCUT2D eigenvalue weighted by Gasteiger charge is -2.04. The number of nitrogens with zero attached hydrogens (tertiary/aromatic N) is 2. The number of hydrogen-bond acceptors (Lipinski definition) is 9. The molecular formula is C17H12ClN3O5S2. The Hall–Kier alpha value is -2.69. The van der Waals surface area contributed by atoms with Gasteiger partial charge in [-0.25, -0.2) is 4.79 Å². The van der Waals surface area contributed by atoms with Gasteiger partial charge in [-0.1, -0.05) is 34.7 Å². The van der Waals surface area contributed by atoms with Crippen molar-refractivity contribution in [1.29, 1.82) is 0 Å². The van der Waals surface area contributed by atoms with Crippen molar-refractivity contribution in [2.24, 2.45) is 0 Å². The van der Waals surface area contributed by atoms with Crippen LogP contribution in [0, 0.1) is 0 Å². The summed E-state index contributed by atoms with van der Waals surface area (Å²) in [6.45, 7) is 1.38. The fourth-order valence-corrected chi connectivity index (χ4v) is 3.75. The molecule has 1 N–H and O–H groups in total. The average Bonchev–Trinajstić information content (AvgIpc) is 3.09. The number of amides is 1. The zero-order chi connectivity index (χ0) is 20.1. The quantitative estimate of drug-likeness (QED) is 0.353. The van der Waals surface area contributed by atoms with Gasteiger partial charge >= 0.3 is 5.97 Å². The summed E-state index contributed by atoms with van der Waals surface area (Å²) in [7, 11) is 0. The van der Waals surface area contributed by atoms with Crippen LogP contribution in [0.3, 0.4) is 0 Å². The molecule has 3 aromatic rings. The summed E-state index contributed by atoms with van der Waals surface area (Å²) < 4.78 is 11.0. The highest BCUT2D eigenvalue weighted by molar-refractivity contribution is 8.00. The van der Waals surface area contributed by atoms with Gasteiger partial charge in [-0.05, 0) is 24.3 Å². The number of ether oxygens (including phenoxy) is 1. The molecular weight excluding hydrogens is 426 g/mol. The summed E-state index contributed by atoms with van der Waals surface area (Å²) in [5, 5.41) is 11.2. The molecule has 0 saturated carbocycles. The maximum atomic E-state index is 12.2. The Balaban J connectivity index is 1.61. The first-order valence-corrected chi connectivity index (χ1v) is 9.92. The Labute approximate surface area is 171 Å². The van der Waals surface area contributed by atoms with Crippen LogP contribution in [-0.2, 0) is 10.5 Å². The minimum atomic E-state index is -0.689. The van der Waals surface area contributed by atoms with Gasteiger partial charge in [0.1, 0.15) is 12.0 Å². The number of anilines is 1. The summed E-state index contributed by atoms with van der Waals surface area (Å²) in [5.41, 5.74) is -0.227. The smallest absolute Gasteiger partial charge is 0.343 e. The molecule has 11 heteroatoms. The summed E-state index contributed by atoms with van der Waals surface area (Å²) in [6, 6.07) is 7.33. The van der Waals surface area contributed by atoms with Crippen LogP contribution in [0.25, 0.3) is 0 Å². The molecule has 0 bridgehead atoms. The van der Waals surface area contributed by atoms with Crippen molar-refractivity contribution in [2.45, 2.75) is 17.0 Å². The molecule has 0 fully saturated rings. The maximum absolute atomic E-state index is 12.2. The van der Waals surface area contributed by atoms with Crippen molar-refractivity contribution in [3.63, 3.8) is 0 Å². The van der Waals surface area contributed by atoms with Gasteiger partial charge in [-0.2, -0.15) is 0 Å². The lowest BCUT2D eigenvalue weighted by molar-refractivity contribution is -0.114. The minimum absolute atomic E-state index is 0.211. The summed E-state index contributed by atoms with van der Waals surface area (Å²) in [5.74, 6) is -0.446. The number of thioether (sulfide) groups is 1. The average molecular weight is 438 g/mol. The molecule has 0 aliphatic rings. The molecule has 2 heterocycles. The Morgan fingerprint density at radius 2 is 2.04 bits per heavy atom. The van der Waals surface area contributed by atoms with Gasteiger partial charge in [0.2, 0.25) is 22.2 Å². The van der Waals surface area contributed by atoms with Crippen LogP contribution in [0.1, 0.15) is 23.0 Å². The van der Waals surface area contributed by atoms with E-state index in [9.17, 15) is 14.4 Å². The Morgan fingerprint density at radius 3 is 2.71 bits per heavy atom. The van der Waals surface area contributed by atoms with Crippen molar-refractivity contribution >= 4 is 51.7 Å². The van der Waals surface area contributed by atoms with Crippen LogP contribution < -0.4 is 15.5 Å². The number of hydrogen-bond donors (Lipinski definition) is 1. The first kappa shape index (κ1) is 20.1. The number of benzene rings is 1. The lowest BCUT2D eigenvalue weighted by Crippen LogP contribution is -2.14. The third-order valence-electron chi connectivity index (χ3n) is 3.16. The van der Waals surface area contributed by atoms with Crippen LogP contribution >= 0.6 is 34.7 Å². The van der Waals surface area contributed by atoms with E-state index in [1.807, 2.05) is 0 Å². The van der Waals surface area contributed by atoms with E-state index in [-0.39, 0.29) is 17.2 Å². The number of esters is 1. The fraction of sp³-hybridized carbons (Fsp3) is 0.118. The van der Waals surface area contributed by atoms with Crippen molar-refractivity contribution in [3.05, 3.63) is 63.2 Å². The third-order valence-corrected chi connectivity index (χ3v) is 5.41. The van der Waals surface area contributed by atoms with Crippen LogP contribution in [0.5, 0.6) is 5.75 Å². The van der Waals surface area contributed by atoms with Gasteiger partial charge in [0, 0.05) is 18.0 Å². The largest absolute Gasteiger partial charge is 0.464 e. The minimum Gasteiger partial charge on any atom is -0.464 e. The first-order chi connectivity index (χ1) is 13.4. The molecule has 0 unspecified atom stereocenters. The SMILES string of the molecule is CC(=O)Nc1nnc(SCc2cc(=O)c(OC(=O)c3ccc(Cl)cc3)co2)s1. The number of nitrogens with one attached hydrogen (secondary N) is 1. The Kier molecular flexibility index (Phi) is 6.45. The van der Waals surface area contributed by atoms with E-state index in [0.29, 0.717) is 26.0 Å². The number of rotatable bonds is 6. The molecule has 0 aliphatic heterocycles. The van der Waals surface area contributed by atoms with E-state index in [0.717, 1.165) is 6.26 Å². The van der Waals surface area contributed by atoms with Crippen molar-refractivity contribution < 1.29 is 18.7 Å². The predicted octanol–water partition coefficient (Wildman–Crippen LogP) is 3.61. The van der Waals surface area contributed by atoms with Crippen molar-refractivity contribution in [3.8, 4) is 5.75 Å². The van der Waals surface area contributed by atoms with Gasteiger partial charge in [0.05, 0.1) is 11.3 Å². The van der Waals surface area contributed by atoms with Crippen LogP contribution in [-0.4, -0.2) is 22.1 Å². The molecule has 1 amide bonds. The molecule has 0 spiro atoms. The Bertz CT molecular complexity index is 1070. The number of halogens is 1. The monoisotopic (exact) mass is 437 g/mol. The second-order valence-electron chi connectivity index (χ2n) is 5.31. The van der Waals surface area contributed by atoms with E-state index < -0.39 is 11.4 Å². The van der Waals surface area contributed by atoms with Crippen LogP contribution in [0.2, 0.25) is 5.02 Å². The highest BCUT2D eigenvalue weighted by Crippen LogP contribution is 2.28. The highest BCUT2D eigenvalue weighted by atomic mass is 35.5. The molecule has 0 aliphatic carbocycles. The molecule has 0 saturated heterocycles. The third kappa shape index (κ3) is 5.41. The summed E-state index contributed by atoms with van der Waals surface area (Å²) in [4.78, 5) is 35.2. The molecule has 3 rings (SSSR count). The van der Waals surface area contributed by atoms with E-state index in [1.165, 1.54) is 48.2 Å². The second kappa shape index (κ2) is 9.00. The molecule has 0 atom stereocenters. The molecule has 28 heavy (non-hydrogen) atoms. The molecule has 2 aromatic heterocycles. The van der Waals surface area contributed by atoms with Gasteiger partial charge in [-0.15, -0.1) is 10.2 Å². The van der Waals surface area contributed by atoms with E-state index in [2.05, 4.69) is 15.5 Å². The number of carbonyl (C=O) groups excluding carboxylic acids is 2. The van der Waals surface area contributed by atoms with Gasteiger partial charge in [0.15, 0.2) is 4.34 Å². The topological polar surface area (TPSA) is 111 Å². The molecule has 1 aromatic carbocycles. The zero-order valence-corrected chi connectivity index (χ0v) is 16.7. The van der Waals surface area contributed by atoms with Crippen LogP contribution in [0.15, 0.2) is 50.1 Å². The molecule has 0 radical (unpaired) electrons. The van der Waals surface area contributed by atoms with Crippen LogP contribution in [0.4, 0.5) is 5.13 Å². The normalized spacial score (nSPS) is 10.5.